The molecule has 8 aromatic carbocycles. The van der Waals surface area contributed by atoms with Gasteiger partial charge in [-0.15, -0.1) is 11.3 Å². The van der Waals surface area contributed by atoms with Gasteiger partial charge < -0.3 is 9.80 Å². The number of para-hydroxylation sites is 2. The molecule has 0 N–H and O–H groups in total. The first-order valence-corrected chi connectivity index (χ1v) is 22.1. The third-order valence-corrected chi connectivity index (χ3v) is 14.4. The molecule has 11 rings (SSSR count). The van der Waals surface area contributed by atoms with Crippen molar-refractivity contribution in [2.45, 2.75) is 38.6 Å². The van der Waals surface area contributed by atoms with Gasteiger partial charge in [-0.05, 0) is 129 Å². The lowest BCUT2D eigenvalue weighted by Gasteiger charge is -2.35. The average molecular weight is 803 g/mol. The van der Waals surface area contributed by atoms with Crippen LogP contribution in [0.25, 0.3) is 49.0 Å². The van der Waals surface area contributed by atoms with Crippen molar-refractivity contribution in [3.63, 3.8) is 0 Å². The third kappa shape index (κ3) is 6.14. The lowest BCUT2D eigenvalue weighted by Crippen LogP contribution is -2.32. The number of thiophene rings is 1. The zero-order chi connectivity index (χ0) is 41.2. The van der Waals surface area contributed by atoms with Crippen molar-refractivity contribution in [2.24, 2.45) is 0 Å². The fourth-order valence-corrected chi connectivity index (χ4v) is 11.4. The van der Waals surface area contributed by atoms with Gasteiger partial charge in [0.15, 0.2) is 0 Å². The van der Waals surface area contributed by atoms with Gasteiger partial charge in [-0.3, -0.25) is 0 Å². The Kier molecular flexibility index (Phi) is 8.91. The lowest BCUT2D eigenvalue weighted by atomic mass is 9.82. The van der Waals surface area contributed by atoms with Crippen LogP contribution in [0.2, 0.25) is 0 Å². The average Bonchev–Trinajstić information content (AvgIpc) is 3.78. The van der Waals surface area contributed by atoms with E-state index in [1.165, 1.54) is 82.0 Å². The van der Waals surface area contributed by atoms with Gasteiger partial charge in [-0.2, -0.15) is 0 Å². The Morgan fingerprint density at radius 2 is 1.11 bits per heavy atom. The van der Waals surface area contributed by atoms with Crippen LogP contribution in [0.15, 0.2) is 201 Å². The molecule has 1 aliphatic heterocycles. The Morgan fingerprint density at radius 1 is 0.541 bits per heavy atom. The number of rotatable bonds is 6. The van der Waals surface area contributed by atoms with E-state index in [4.69, 9.17) is 6.58 Å². The van der Waals surface area contributed by atoms with Crippen molar-refractivity contribution in [1.29, 1.82) is 0 Å². The molecule has 0 saturated heterocycles. The summed E-state index contributed by atoms with van der Waals surface area (Å²) in [4.78, 5) is 6.20. The first-order valence-electron chi connectivity index (χ1n) is 21.3. The van der Waals surface area contributed by atoms with Crippen LogP contribution in [0.5, 0.6) is 0 Å². The molecule has 0 spiro atoms. The van der Waals surface area contributed by atoms with Crippen LogP contribution in [0.1, 0.15) is 47.9 Å². The van der Waals surface area contributed by atoms with Gasteiger partial charge in [0, 0.05) is 55.0 Å². The smallest absolute Gasteiger partial charge is 0.0493 e. The van der Waals surface area contributed by atoms with Gasteiger partial charge in [0.25, 0.3) is 0 Å². The van der Waals surface area contributed by atoms with Crippen LogP contribution in [-0.2, 0) is 11.8 Å². The molecule has 0 fully saturated rings. The largest absolute Gasteiger partial charge is 0.338 e. The first-order chi connectivity index (χ1) is 29.8. The highest BCUT2D eigenvalue weighted by atomic mass is 32.1. The van der Waals surface area contributed by atoms with E-state index >= 15 is 0 Å². The van der Waals surface area contributed by atoms with Gasteiger partial charge in [0.05, 0.1) is 0 Å². The van der Waals surface area contributed by atoms with Gasteiger partial charge in [0.1, 0.15) is 0 Å². The minimum absolute atomic E-state index is 0.101. The van der Waals surface area contributed by atoms with Crippen molar-refractivity contribution in [3.8, 4) is 33.4 Å². The summed E-state index contributed by atoms with van der Waals surface area (Å²) >= 11 is 1.90. The van der Waals surface area contributed by atoms with E-state index in [0.717, 1.165) is 29.1 Å². The molecule has 3 heteroatoms. The van der Waals surface area contributed by atoms with Gasteiger partial charge in [0.2, 0.25) is 0 Å². The van der Waals surface area contributed by atoms with Crippen molar-refractivity contribution in [2.75, 3.05) is 9.80 Å². The summed E-state index contributed by atoms with van der Waals surface area (Å²) in [5.41, 5.74) is 19.7. The third-order valence-electron chi connectivity index (χ3n) is 13.1. The Balaban J connectivity index is 1.00. The summed E-state index contributed by atoms with van der Waals surface area (Å²) in [6.07, 6.45) is 0.917. The minimum atomic E-state index is -0.101. The topological polar surface area (TPSA) is 6.48 Å². The molecule has 1 atom stereocenters. The summed E-state index contributed by atoms with van der Waals surface area (Å²) in [6, 6.07) is 71.4. The molecule has 2 heterocycles. The summed E-state index contributed by atoms with van der Waals surface area (Å²) < 4.78 is 1.31. The fourth-order valence-electron chi connectivity index (χ4n) is 10.0. The Bertz CT molecular complexity index is 3100. The number of benzene rings is 8. The molecule has 9 aromatic rings. The summed E-state index contributed by atoms with van der Waals surface area (Å²) in [7, 11) is 0. The van der Waals surface area contributed by atoms with Crippen LogP contribution < -0.4 is 9.80 Å². The van der Waals surface area contributed by atoms with Crippen LogP contribution in [0.3, 0.4) is 0 Å². The van der Waals surface area contributed by atoms with E-state index in [9.17, 15) is 0 Å². The second-order valence-electron chi connectivity index (χ2n) is 17.0. The number of fused-ring (bicyclic) bond motifs is 7. The molecule has 2 nitrogen and oxygen atoms in total. The van der Waals surface area contributed by atoms with Crippen molar-refractivity contribution in [3.05, 3.63) is 228 Å². The highest BCUT2D eigenvalue weighted by Crippen LogP contribution is 2.51. The lowest BCUT2D eigenvalue weighted by molar-refractivity contribution is 0.660. The molecule has 61 heavy (non-hydrogen) atoms. The number of anilines is 5. The fraction of sp³-hybridized carbons (Fsp3) is 0.103. The van der Waals surface area contributed by atoms with Crippen LogP contribution in [-0.4, -0.2) is 6.04 Å². The Morgan fingerprint density at radius 3 is 1.85 bits per heavy atom. The van der Waals surface area contributed by atoms with Crippen molar-refractivity contribution >= 4 is 55.4 Å². The molecule has 0 bridgehead atoms. The molecule has 0 saturated carbocycles. The number of hydrogen-bond acceptors (Lipinski definition) is 3. The zero-order valence-electron chi connectivity index (χ0n) is 34.8. The summed E-state index contributed by atoms with van der Waals surface area (Å²) in [5, 5.41) is 1.32. The van der Waals surface area contributed by atoms with E-state index in [0.29, 0.717) is 0 Å². The molecule has 0 amide bonds. The van der Waals surface area contributed by atoms with Gasteiger partial charge in [-0.25, -0.2) is 0 Å². The van der Waals surface area contributed by atoms with Gasteiger partial charge >= 0.3 is 0 Å². The Labute approximate surface area is 363 Å². The van der Waals surface area contributed by atoms with Crippen LogP contribution in [0, 0.1) is 0 Å². The molecule has 1 aromatic heterocycles. The predicted octanol–water partition coefficient (Wildman–Crippen LogP) is 16.2. The maximum absolute atomic E-state index is 4.78. The molecule has 294 valence electrons. The number of hydrogen-bond donors (Lipinski definition) is 0. The highest BCUT2D eigenvalue weighted by molar-refractivity contribution is 7.21. The van der Waals surface area contributed by atoms with Gasteiger partial charge in [-0.1, -0.05) is 160 Å². The molecule has 0 unspecified atom stereocenters. The highest BCUT2D eigenvalue weighted by Gasteiger charge is 2.36. The molecule has 2 aliphatic rings. The molecular formula is C58H46N2S. The quantitative estimate of drug-likeness (QED) is 0.165. The first kappa shape index (κ1) is 37.1. The van der Waals surface area contributed by atoms with E-state index in [-0.39, 0.29) is 11.5 Å². The summed E-state index contributed by atoms with van der Waals surface area (Å²) in [6.45, 7) is 11.9. The van der Waals surface area contributed by atoms with E-state index < -0.39 is 0 Å². The normalized spacial score (nSPS) is 15.0. The van der Waals surface area contributed by atoms with Crippen LogP contribution in [0.4, 0.5) is 28.4 Å². The van der Waals surface area contributed by atoms with E-state index in [2.05, 4.69) is 225 Å². The molecule has 0 radical (unpaired) electrons. The second kappa shape index (κ2) is 14.7. The molecular weight excluding hydrogens is 757 g/mol. The SMILES string of the molecule is C=C1c2ccccc2N(c2ccccc2)[C@@H](C)Cc2c1sc1c(-c3ccc(N(c4ccc(-c5ccccc5)cc4)c4ccc5c(c4)C(C)(C)c4ccccc4-5)cc3)cccc21. The maximum Gasteiger partial charge on any atom is 0.0493 e. The molecule has 1 aliphatic carbocycles. The monoisotopic (exact) mass is 802 g/mol. The second-order valence-corrected chi connectivity index (χ2v) is 18.1. The van der Waals surface area contributed by atoms with Crippen molar-refractivity contribution in [1.82, 2.24) is 0 Å². The Hall–Kier alpha value is -6.94. The number of nitrogens with zero attached hydrogens (tertiary/aromatic N) is 2. The van der Waals surface area contributed by atoms with E-state index in [1.807, 2.05) is 11.3 Å². The standard InChI is InChI=1S/C58H46N2S/c1-38-36-52-51-23-15-22-48(57(51)61-56(52)39(2)47-20-12-14-25-55(47)59(38)43-18-9-6-10-19-43)42-28-32-45(33-29-42)60(44-30-26-41(27-31-44)40-16-7-5-8-17-40)46-34-35-50-49-21-11-13-24-53(49)58(3,4)54(50)37-46/h5-35,37-38H,2,36H2,1,3-4H3/t38-/m0/s1. The maximum atomic E-state index is 4.78. The van der Waals surface area contributed by atoms with Crippen LogP contribution >= 0.6 is 11.3 Å². The predicted molar refractivity (Wildman–Crippen MR) is 261 cm³/mol. The zero-order valence-corrected chi connectivity index (χ0v) is 35.6. The minimum Gasteiger partial charge on any atom is -0.338 e. The van der Waals surface area contributed by atoms with E-state index in [1.54, 1.807) is 0 Å². The van der Waals surface area contributed by atoms with Crippen molar-refractivity contribution < 1.29 is 0 Å². The summed E-state index contributed by atoms with van der Waals surface area (Å²) in [5.74, 6) is 0.